The molecular weight excluding hydrogens is 384 g/mol. The second-order valence-corrected chi connectivity index (χ2v) is 6.90. The SMILES string of the molecule is O=C(CCCc1nc(-c2ccc(Cl)cc2)no1)NCCC(=O)N1CCOCC1. The Kier molecular flexibility index (Phi) is 7.39. The Balaban J connectivity index is 1.33. The van der Waals surface area contributed by atoms with Gasteiger partial charge >= 0.3 is 0 Å². The van der Waals surface area contributed by atoms with Gasteiger partial charge in [-0.05, 0) is 30.7 Å². The first-order valence-electron chi connectivity index (χ1n) is 9.32. The number of benzene rings is 1. The molecule has 9 heteroatoms. The standard InChI is InChI=1S/C19H23ClN4O4/c20-15-6-4-14(5-7-15)19-22-17(28-23-19)3-1-2-16(25)21-9-8-18(26)24-10-12-27-13-11-24/h4-7H,1-3,8-13H2,(H,21,25). The highest BCUT2D eigenvalue weighted by atomic mass is 35.5. The molecule has 2 heterocycles. The third-order valence-corrected chi connectivity index (χ3v) is 4.64. The molecule has 1 aliphatic rings. The number of amides is 2. The summed E-state index contributed by atoms with van der Waals surface area (Å²) in [6.07, 6.45) is 1.75. The van der Waals surface area contributed by atoms with Crippen molar-refractivity contribution >= 4 is 23.4 Å². The number of nitrogens with zero attached hydrogens (tertiary/aromatic N) is 3. The molecule has 0 spiro atoms. The zero-order chi connectivity index (χ0) is 19.8. The average molecular weight is 407 g/mol. The molecule has 0 unspecified atom stereocenters. The van der Waals surface area contributed by atoms with Crippen molar-refractivity contribution in [3.63, 3.8) is 0 Å². The predicted molar refractivity (Wildman–Crippen MR) is 103 cm³/mol. The molecule has 1 saturated heterocycles. The second kappa shape index (κ2) is 10.2. The molecule has 8 nitrogen and oxygen atoms in total. The van der Waals surface area contributed by atoms with Crippen LogP contribution in [0.5, 0.6) is 0 Å². The van der Waals surface area contributed by atoms with Gasteiger partial charge < -0.3 is 19.5 Å². The summed E-state index contributed by atoms with van der Waals surface area (Å²) in [7, 11) is 0. The lowest BCUT2D eigenvalue weighted by Crippen LogP contribution is -2.42. The molecule has 1 aromatic heterocycles. The summed E-state index contributed by atoms with van der Waals surface area (Å²) in [6, 6.07) is 7.17. The molecule has 1 aromatic carbocycles. The molecule has 2 aromatic rings. The maximum absolute atomic E-state index is 12.0. The quantitative estimate of drug-likeness (QED) is 0.720. The predicted octanol–water partition coefficient (Wildman–Crippen LogP) is 2.08. The zero-order valence-electron chi connectivity index (χ0n) is 15.5. The Hall–Kier alpha value is -2.45. The number of ether oxygens (including phenoxy) is 1. The van der Waals surface area contributed by atoms with Crippen LogP contribution in [-0.2, 0) is 20.7 Å². The first kappa shape index (κ1) is 20.3. The Morgan fingerprint density at radius 2 is 1.89 bits per heavy atom. The lowest BCUT2D eigenvalue weighted by molar-refractivity contribution is -0.135. The topological polar surface area (TPSA) is 97.6 Å². The van der Waals surface area contributed by atoms with Gasteiger partial charge in [-0.3, -0.25) is 9.59 Å². The molecule has 0 aliphatic carbocycles. The van der Waals surface area contributed by atoms with Gasteiger partial charge in [-0.25, -0.2) is 0 Å². The number of halogens is 1. The van der Waals surface area contributed by atoms with Crippen LogP contribution in [0.4, 0.5) is 0 Å². The molecule has 0 radical (unpaired) electrons. The first-order chi connectivity index (χ1) is 13.6. The van der Waals surface area contributed by atoms with E-state index in [0.29, 0.717) is 75.3 Å². The van der Waals surface area contributed by atoms with Crippen LogP contribution in [0, 0.1) is 0 Å². The minimum atomic E-state index is -0.0905. The average Bonchev–Trinajstić information content (AvgIpc) is 3.18. The first-order valence-corrected chi connectivity index (χ1v) is 9.70. The number of hydrogen-bond donors (Lipinski definition) is 1. The monoisotopic (exact) mass is 406 g/mol. The van der Waals surface area contributed by atoms with Crippen LogP contribution in [0.1, 0.15) is 25.2 Å². The van der Waals surface area contributed by atoms with Crippen LogP contribution in [0.15, 0.2) is 28.8 Å². The van der Waals surface area contributed by atoms with Crippen LogP contribution < -0.4 is 5.32 Å². The Bertz CT molecular complexity index is 787. The van der Waals surface area contributed by atoms with Gasteiger partial charge in [0.15, 0.2) is 0 Å². The van der Waals surface area contributed by atoms with E-state index < -0.39 is 0 Å². The Labute approximate surface area is 168 Å². The smallest absolute Gasteiger partial charge is 0.226 e. The van der Waals surface area contributed by atoms with E-state index in [1.54, 1.807) is 17.0 Å². The van der Waals surface area contributed by atoms with Gasteiger partial charge in [-0.15, -0.1) is 0 Å². The summed E-state index contributed by atoms with van der Waals surface area (Å²) in [5.74, 6) is 0.939. The number of aryl methyl sites for hydroxylation is 1. The minimum absolute atomic E-state index is 0.0455. The second-order valence-electron chi connectivity index (χ2n) is 6.47. The molecule has 1 aliphatic heterocycles. The molecule has 2 amide bonds. The van der Waals surface area contributed by atoms with Crippen LogP contribution >= 0.6 is 11.6 Å². The molecular formula is C19H23ClN4O4. The molecule has 0 saturated carbocycles. The largest absolute Gasteiger partial charge is 0.378 e. The van der Waals surface area contributed by atoms with Gasteiger partial charge in [0.1, 0.15) is 0 Å². The fourth-order valence-corrected chi connectivity index (χ4v) is 2.97. The fraction of sp³-hybridized carbons (Fsp3) is 0.474. The number of rotatable bonds is 8. The minimum Gasteiger partial charge on any atom is -0.378 e. The molecule has 1 fully saturated rings. The number of carbonyl (C=O) groups is 2. The summed E-state index contributed by atoms with van der Waals surface area (Å²) in [5.41, 5.74) is 0.821. The number of carbonyl (C=O) groups excluding carboxylic acids is 2. The van der Waals surface area contributed by atoms with Gasteiger partial charge in [-0.2, -0.15) is 4.98 Å². The molecule has 28 heavy (non-hydrogen) atoms. The van der Waals surface area contributed by atoms with Gasteiger partial charge in [-0.1, -0.05) is 16.8 Å². The van der Waals surface area contributed by atoms with Gasteiger partial charge in [0.25, 0.3) is 0 Å². The Morgan fingerprint density at radius 3 is 2.64 bits per heavy atom. The number of morpholine rings is 1. The number of hydrogen-bond acceptors (Lipinski definition) is 6. The lowest BCUT2D eigenvalue weighted by atomic mass is 10.2. The summed E-state index contributed by atoms with van der Waals surface area (Å²) in [6.45, 7) is 2.74. The zero-order valence-corrected chi connectivity index (χ0v) is 16.3. The van der Waals surface area contributed by atoms with E-state index in [-0.39, 0.29) is 11.8 Å². The molecule has 150 valence electrons. The normalized spacial score (nSPS) is 14.1. The maximum Gasteiger partial charge on any atom is 0.226 e. The van der Waals surface area contributed by atoms with Crippen molar-refractivity contribution in [1.29, 1.82) is 0 Å². The maximum atomic E-state index is 12.0. The highest BCUT2D eigenvalue weighted by Gasteiger charge is 2.16. The third kappa shape index (κ3) is 6.03. The van der Waals surface area contributed by atoms with Crippen molar-refractivity contribution in [2.45, 2.75) is 25.7 Å². The molecule has 0 bridgehead atoms. The summed E-state index contributed by atoms with van der Waals surface area (Å²) >= 11 is 5.87. The Morgan fingerprint density at radius 1 is 1.14 bits per heavy atom. The number of aromatic nitrogens is 2. The van der Waals surface area contributed by atoms with Crippen LogP contribution in [-0.4, -0.2) is 59.7 Å². The summed E-state index contributed by atoms with van der Waals surface area (Å²) < 4.78 is 10.4. The van der Waals surface area contributed by atoms with Crippen LogP contribution in [0.2, 0.25) is 5.02 Å². The highest BCUT2D eigenvalue weighted by molar-refractivity contribution is 6.30. The van der Waals surface area contributed by atoms with Crippen molar-refractivity contribution < 1.29 is 18.8 Å². The third-order valence-electron chi connectivity index (χ3n) is 4.39. The van der Waals surface area contributed by atoms with Gasteiger partial charge in [0, 0.05) is 49.5 Å². The van der Waals surface area contributed by atoms with Crippen LogP contribution in [0.25, 0.3) is 11.4 Å². The van der Waals surface area contributed by atoms with Crippen molar-refractivity contribution in [3.8, 4) is 11.4 Å². The van der Waals surface area contributed by atoms with E-state index >= 15 is 0 Å². The highest BCUT2D eigenvalue weighted by Crippen LogP contribution is 2.19. The summed E-state index contributed by atoms with van der Waals surface area (Å²) in [4.78, 5) is 30.0. The summed E-state index contributed by atoms with van der Waals surface area (Å²) in [5, 5.41) is 7.37. The number of nitrogens with one attached hydrogen (secondary N) is 1. The van der Waals surface area contributed by atoms with E-state index in [1.807, 2.05) is 12.1 Å². The van der Waals surface area contributed by atoms with Gasteiger partial charge in [0.05, 0.1) is 13.2 Å². The lowest BCUT2D eigenvalue weighted by Gasteiger charge is -2.26. The molecule has 3 rings (SSSR count). The van der Waals surface area contributed by atoms with E-state index in [4.69, 9.17) is 20.9 Å². The fourth-order valence-electron chi connectivity index (χ4n) is 2.84. The van der Waals surface area contributed by atoms with E-state index in [2.05, 4.69) is 15.5 Å². The van der Waals surface area contributed by atoms with E-state index in [0.717, 1.165) is 5.56 Å². The van der Waals surface area contributed by atoms with E-state index in [9.17, 15) is 9.59 Å². The van der Waals surface area contributed by atoms with Gasteiger partial charge in [0.2, 0.25) is 23.5 Å². The molecule has 0 atom stereocenters. The van der Waals surface area contributed by atoms with Crippen molar-refractivity contribution in [3.05, 3.63) is 35.2 Å². The van der Waals surface area contributed by atoms with Crippen molar-refractivity contribution in [2.75, 3.05) is 32.8 Å². The van der Waals surface area contributed by atoms with E-state index in [1.165, 1.54) is 0 Å². The van der Waals surface area contributed by atoms with Crippen molar-refractivity contribution in [2.24, 2.45) is 0 Å². The van der Waals surface area contributed by atoms with Crippen molar-refractivity contribution in [1.82, 2.24) is 20.4 Å². The van der Waals surface area contributed by atoms with Crippen LogP contribution in [0.3, 0.4) is 0 Å². The molecule has 1 N–H and O–H groups in total.